The highest BCUT2D eigenvalue weighted by Crippen LogP contribution is 2.38. The van der Waals surface area contributed by atoms with E-state index in [2.05, 4.69) is 57.5 Å². The summed E-state index contributed by atoms with van der Waals surface area (Å²) in [6.07, 6.45) is 24.1. The SMILES string of the molecule is C=C(CCC1C=CC(C2=CCCC=C2Cl)CC1)C(CC1CC1)=NC1=C(C)C=C[N+](=C)C1C. The Morgan fingerprint density at radius 3 is 2.62 bits per heavy atom. The average molecular weight is 450 g/mol. The molecule has 0 N–H and O–H groups in total. The van der Waals surface area contributed by atoms with Gasteiger partial charge < -0.3 is 0 Å². The van der Waals surface area contributed by atoms with E-state index >= 15 is 0 Å². The zero-order chi connectivity index (χ0) is 22.7. The highest BCUT2D eigenvalue weighted by molar-refractivity contribution is 6.32. The van der Waals surface area contributed by atoms with Crippen molar-refractivity contribution >= 4 is 24.0 Å². The maximum absolute atomic E-state index is 6.47. The molecule has 2 nitrogen and oxygen atoms in total. The summed E-state index contributed by atoms with van der Waals surface area (Å²) in [6.45, 7) is 13.0. The molecule has 0 radical (unpaired) electrons. The molecule has 3 unspecified atom stereocenters. The van der Waals surface area contributed by atoms with Gasteiger partial charge in [0.25, 0.3) is 0 Å². The Hall–Kier alpha value is -1.93. The van der Waals surface area contributed by atoms with Crippen LogP contribution in [0.5, 0.6) is 0 Å². The molecule has 170 valence electrons. The first-order valence-corrected chi connectivity index (χ1v) is 12.8. The number of nitrogens with zero attached hydrogens (tertiary/aromatic N) is 2. The Morgan fingerprint density at radius 2 is 1.94 bits per heavy atom. The van der Waals surface area contributed by atoms with Gasteiger partial charge >= 0.3 is 0 Å². The van der Waals surface area contributed by atoms with E-state index in [4.69, 9.17) is 16.6 Å². The molecule has 0 spiro atoms. The van der Waals surface area contributed by atoms with Gasteiger partial charge in [-0.1, -0.05) is 42.5 Å². The van der Waals surface area contributed by atoms with Crippen molar-refractivity contribution in [1.29, 1.82) is 0 Å². The summed E-state index contributed by atoms with van der Waals surface area (Å²) in [5.41, 5.74) is 6.18. The van der Waals surface area contributed by atoms with Crippen molar-refractivity contribution < 1.29 is 4.58 Å². The summed E-state index contributed by atoms with van der Waals surface area (Å²) in [6, 6.07) is 0.204. The molecular formula is C29H38ClN2+. The van der Waals surface area contributed by atoms with Crippen LogP contribution >= 0.6 is 11.6 Å². The number of aliphatic imine (C=N–C) groups is 1. The summed E-state index contributed by atoms with van der Waals surface area (Å²) in [7, 11) is 0. The van der Waals surface area contributed by atoms with Gasteiger partial charge in [-0.3, -0.25) is 4.99 Å². The molecule has 4 rings (SSSR count). The Bertz CT molecular complexity index is 952. The first kappa shape index (κ1) is 23.2. The molecule has 3 aliphatic carbocycles. The lowest BCUT2D eigenvalue weighted by Crippen LogP contribution is -2.23. The fourth-order valence-electron chi connectivity index (χ4n) is 4.97. The van der Waals surface area contributed by atoms with Gasteiger partial charge in [-0.25, -0.2) is 4.58 Å². The first-order valence-electron chi connectivity index (χ1n) is 12.4. The number of hydrogen-bond acceptors (Lipinski definition) is 1. The molecule has 0 saturated heterocycles. The fourth-order valence-corrected chi connectivity index (χ4v) is 5.30. The van der Waals surface area contributed by atoms with Crippen LogP contribution in [0, 0.1) is 17.8 Å². The van der Waals surface area contributed by atoms with Crippen molar-refractivity contribution in [2.24, 2.45) is 22.7 Å². The molecule has 0 amide bonds. The van der Waals surface area contributed by atoms with Crippen LogP contribution in [0.15, 0.2) is 75.6 Å². The van der Waals surface area contributed by atoms with Crippen molar-refractivity contribution in [3.63, 3.8) is 0 Å². The van der Waals surface area contributed by atoms with E-state index in [1.807, 2.05) is 10.8 Å². The van der Waals surface area contributed by atoms with Crippen LogP contribution in [0.1, 0.15) is 71.6 Å². The predicted octanol–water partition coefficient (Wildman–Crippen LogP) is 7.89. The second-order valence-electron chi connectivity index (χ2n) is 10.0. The molecule has 3 heteroatoms. The summed E-state index contributed by atoms with van der Waals surface area (Å²) in [4.78, 5) is 5.19. The Labute approximate surface area is 199 Å². The Morgan fingerprint density at radius 1 is 1.16 bits per heavy atom. The summed E-state index contributed by atoms with van der Waals surface area (Å²) in [5, 5.41) is 0.968. The molecule has 0 aromatic carbocycles. The van der Waals surface area contributed by atoms with Crippen LogP contribution in [0.25, 0.3) is 0 Å². The van der Waals surface area contributed by atoms with Crippen molar-refractivity contribution in [1.82, 2.24) is 0 Å². The lowest BCUT2D eigenvalue weighted by Gasteiger charge is -2.26. The molecule has 32 heavy (non-hydrogen) atoms. The fraction of sp³-hybridized carbons (Fsp3) is 0.517. The van der Waals surface area contributed by atoms with Crippen molar-refractivity contribution in [2.75, 3.05) is 0 Å². The topological polar surface area (TPSA) is 15.4 Å². The van der Waals surface area contributed by atoms with Gasteiger partial charge in [-0.05, 0) is 93.3 Å². The van der Waals surface area contributed by atoms with Gasteiger partial charge in [0.1, 0.15) is 12.4 Å². The summed E-state index contributed by atoms with van der Waals surface area (Å²) in [5.74, 6) is 1.92. The molecule has 0 aromatic heterocycles. The molecule has 3 atom stereocenters. The van der Waals surface area contributed by atoms with Gasteiger partial charge in [0.15, 0.2) is 12.2 Å². The third-order valence-electron chi connectivity index (χ3n) is 7.47. The van der Waals surface area contributed by atoms with E-state index < -0.39 is 0 Å². The van der Waals surface area contributed by atoms with Gasteiger partial charge in [-0.15, -0.1) is 0 Å². The molecular weight excluding hydrogens is 412 g/mol. The molecule has 1 saturated carbocycles. The van der Waals surface area contributed by atoms with E-state index in [-0.39, 0.29) is 6.04 Å². The normalized spacial score (nSPS) is 28.7. The molecule has 1 fully saturated rings. The molecule has 0 aromatic rings. The first-order chi connectivity index (χ1) is 15.4. The second kappa shape index (κ2) is 10.3. The van der Waals surface area contributed by atoms with E-state index in [0.717, 1.165) is 48.8 Å². The van der Waals surface area contributed by atoms with Crippen LogP contribution in [0.2, 0.25) is 0 Å². The number of hydrogen-bond donors (Lipinski definition) is 0. The van der Waals surface area contributed by atoms with Gasteiger partial charge in [-0.2, -0.15) is 0 Å². The average Bonchev–Trinajstić information content (AvgIpc) is 3.62. The highest BCUT2D eigenvalue weighted by Gasteiger charge is 2.28. The largest absolute Gasteiger partial charge is 0.250 e. The smallest absolute Gasteiger partial charge is 0.197 e. The minimum Gasteiger partial charge on any atom is -0.250 e. The second-order valence-corrected chi connectivity index (χ2v) is 10.4. The number of rotatable bonds is 8. The van der Waals surface area contributed by atoms with E-state index in [1.54, 1.807) is 0 Å². The summed E-state index contributed by atoms with van der Waals surface area (Å²) >= 11 is 6.47. The zero-order valence-electron chi connectivity index (χ0n) is 19.8. The number of halogens is 1. The van der Waals surface area contributed by atoms with E-state index in [1.165, 1.54) is 48.1 Å². The third-order valence-corrected chi connectivity index (χ3v) is 7.84. The van der Waals surface area contributed by atoms with Crippen LogP contribution in [0.3, 0.4) is 0 Å². The van der Waals surface area contributed by atoms with Gasteiger partial charge in [0.05, 0.1) is 0 Å². The Kier molecular flexibility index (Phi) is 7.51. The zero-order valence-corrected chi connectivity index (χ0v) is 20.6. The van der Waals surface area contributed by atoms with Crippen molar-refractivity contribution in [3.05, 3.63) is 70.6 Å². The lowest BCUT2D eigenvalue weighted by molar-refractivity contribution is -0.478. The third kappa shape index (κ3) is 5.70. The molecule has 1 aliphatic heterocycles. The van der Waals surface area contributed by atoms with Crippen LogP contribution < -0.4 is 0 Å². The Balaban J connectivity index is 1.39. The quantitative estimate of drug-likeness (QED) is 0.203. The van der Waals surface area contributed by atoms with Crippen molar-refractivity contribution in [2.45, 2.75) is 77.7 Å². The standard InChI is InChI=1S/C29H38ClN2/c1-20(9-10-23-13-15-25(16-14-23)26-7-5-6-8-27(26)30)28(19-24-11-12-24)31-29-21(2)17-18-32(4)22(29)3/h7-8,13,15,17-18,22-25H,1,4-6,9-12,14,16,19H2,2-3H3/q+1. The predicted molar refractivity (Wildman–Crippen MR) is 138 cm³/mol. The minimum atomic E-state index is 0.204. The van der Waals surface area contributed by atoms with Crippen molar-refractivity contribution in [3.8, 4) is 0 Å². The van der Waals surface area contributed by atoms with Crippen LogP contribution in [-0.4, -0.2) is 23.0 Å². The molecule has 1 heterocycles. The van der Waals surface area contributed by atoms with E-state index in [9.17, 15) is 0 Å². The molecule has 4 aliphatic rings. The van der Waals surface area contributed by atoms with Gasteiger partial charge in [0.2, 0.25) is 0 Å². The number of allylic oxidation sites excluding steroid dienone is 9. The summed E-state index contributed by atoms with van der Waals surface area (Å²) < 4.78 is 2.00. The van der Waals surface area contributed by atoms with Crippen LogP contribution in [-0.2, 0) is 0 Å². The monoisotopic (exact) mass is 449 g/mol. The van der Waals surface area contributed by atoms with Gasteiger partial charge in [0, 0.05) is 29.7 Å². The van der Waals surface area contributed by atoms with Crippen LogP contribution in [0.4, 0.5) is 0 Å². The lowest BCUT2D eigenvalue weighted by atomic mass is 9.80. The maximum atomic E-state index is 6.47. The molecule has 0 bridgehead atoms. The highest BCUT2D eigenvalue weighted by atomic mass is 35.5. The minimum absolute atomic E-state index is 0.204. The maximum Gasteiger partial charge on any atom is 0.197 e. The van der Waals surface area contributed by atoms with E-state index in [0.29, 0.717) is 11.8 Å².